The predicted octanol–water partition coefficient (Wildman–Crippen LogP) is 4.92. The van der Waals surface area contributed by atoms with Crippen LogP contribution in [-0.4, -0.2) is 30.7 Å². The van der Waals surface area contributed by atoms with Gasteiger partial charge in [0.1, 0.15) is 5.75 Å². The first-order chi connectivity index (χ1) is 15.8. The molecule has 33 heavy (non-hydrogen) atoms. The highest BCUT2D eigenvalue weighted by molar-refractivity contribution is 5.87. The topological polar surface area (TPSA) is 66.9 Å². The number of benzene rings is 2. The van der Waals surface area contributed by atoms with Gasteiger partial charge in [0, 0.05) is 41.8 Å². The van der Waals surface area contributed by atoms with Crippen molar-refractivity contribution in [1.82, 2.24) is 24.1 Å². The van der Waals surface area contributed by atoms with Crippen molar-refractivity contribution < 1.29 is 13.5 Å². The minimum absolute atomic E-state index is 0.0175. The number of alkyl halides is 2. The third kappa shape index (κ3) is 3.75. The van der Waals surface area contributed by atoms with E-state index in [2.05, 4.69) is 14.9 Å². The maximum Gasteiger partial charge on any atom is 0.387 e. The number of aromatic nitrogens is 5. The number of rotatable bonds is 5. The van der Waals surface area contributed by atoms with Gasteiger partial charge in [-0.15, -0.1) is 0 Å². The smallest absolute Gasteiger partial charge is 0.387 e. The van der Waals surface area contributed by atoms with Crippen molar-refractivity contribution in [3.8, 4) is 22.6 Å². The van der Waals surface area contributed by atoms with Crippen LogP contribution < -0.4 is 10.3 Å². The second-order valence-electron chi connectivity index (χ2n) is 8.13. The molecule has 0 fully saturated rings. The Bertz CT molecular complexity index is 1530. The zero-order chi connectivity index (χ0) is 23.3. The summed E-state index contributed by atoms with van der Waals surface area (Å²) in [7, 11) is 1.85. The van der Waals surface area contributed by atoms with Crippen LogP contribution in [0.3, 0.4) is 0 Å². The molecule has 5 aromatic rings. The van der Waals surface area contributed by atoms with Crippen molar-refractivity contribution in [3.63, 3.8) is 0 Å². The van der Waals surface area contributed by atoms with E-state index < -0.39 is 6.61 Å². The monoisotopic (exact) mass is 449 g/mol. The maximum atomic E-state index is 13.7. The summed E-state index contributed by atoms with van der Waals surface area (Å²) in [6.45, 7) is 1.09. The van der Waals surface area contributed by atoms with Gasteiger partial charge in [-0.1, -0.05) is 6.07 Å². The van der Waals surface area contributed by atoms with Crippen LogP contribution in [-0.2, 0) is 7.05 Å². The summed E-state index contributed by atoms with van der Waals surface area (Å²) >= 11 is 0. The van der Waals surface area contributed by atoms with E-state index in [9.17, 15) is 13.6 Å². The molecule has 0 bridgehead atoms. The molecule has 0 saturated heterocycles. The Kier molecular flexibility index (Phi) is 4.96. The summed E-state index contributed by atoms with van der Waals surface area (Å²) in [6.07, 6.45) is 3.80. The summed E-state index contributed by atoms with van der Waals surface area (Å²) < 4.78 is 34.6. The van der Waals surface area contributed by atoms with E-state index in [-0.39, 0.29) is 17.4 Å². The lowest BCUT2D eigenvalue weighted by Gasteiger charge is -2.11. The highest BCUT2D eigenvalue weighted by Crippen LogP contribution is 2.27. The quantitative estimate of drug-likeness (QED) is 0.382. The van der Waals surface area contributed by atoms with Gasteiger partial charge < -0.3 is 4.74 Å². The number of aryl methyl sites for hydroxylation is 1. The lowest BCUT2D eigenvalue weighted by Crippen LogP contribution is -2.21. The van der Waals surface area contributed by atoms with Crippen LogP contribution in [0.4, 0.5) is 8.78 Å². The summed E-state index contributed by atoms with van der Waals surface area (Å²) in [4.78, 5) is 13.7. The Balaban J connectivity index is 1.74. The molecular weight excluding hydrogens is 428 g/mol. The molecule has 0 unspecified atom stereocenters. The van der Waals surface area contributed by atoms with Crippen molar-refractivity contribution in [1.29, 1.82) is 0 Å². The Morgan fingerprint density at radius 2 is 1.70 bits per heavy atom. The number of hydrogen-bond acceptors (Lipinski definition) is 4. The van der Waals surface area contributed by atoms with Crippen LogP contribution in [0.5, 0.6) is 5.75 Å². The number of hydrogen-bond donors (Lipinski definition) is 0. The molecule has 3 heterocycles. The van der Waals surface area contributed by atoms with Gasteiger partial charge >= 0.3 is 6.61 Å². The molecule has 168 valence electrons. The average Bonchev–Trinajstić information content (AvgIpc) is 3.35. The lowest BCUT2D eigenvalue weighted by molar-refractivity contribution is -0.0498. The third-order valence-electron chi connectivity index (χ3n) is 5.46. The van der Waals surface area contributed by atoms with E-state index in [1.54, 1.807) is 21.5 Å². The van der Waals surface area contributed by atoms with Gasteiger partial charge in [0.15, 0.2) is 5.65 Å². The van der Waals surface area contributed by atoms with E-state index >= 15 is 0 Å². The Hall–Kier alpha value is -4.01. The van der Waals surface area contributed by atoms with Crippen LogP contribution in [0.1, 0.15) is 19.9 Å². The fourth-order valence-corrected chi connectivity index (χ4v) is 3.91. The number of ether oxygens (including phenoxy) is 1. The van der Waals surface area contributed by atoms with Crippen molar-refractivity contribution in [2.45, 2.75) is 26.5 Å². The Morgan fingerprint density at radius 1 is 0.939 bits per heavy atom. The van der Waals surface area contributed by atoms with Crippen LogP contribution in [0.25, 0.3) is 38.8 Å². The molecule has 0 spiro atoms. The Labute approximate surface area is 187 Å². The SMILES string of the molecule is CC(C)n1cc2cc(-c3ccc4nn(C)cc4c3)c(=O)n(-c3ccc(OC(F)F)cc3)c2n1. The van der Waals surface area contributed by atoms with Gasteiger partial charge in [-0.05, 0) is 61.9 Å². The van der Waals surface area contributed by atoms with Crippen molar-refractivity contribution in [2.75, 3.05) is 0 Å². The molecule has 0 aliphatic rings. The van der Waals surface area contributed by atoms with Crippen molar-refractivity contribution in [3.05, 3.63) is 71.3 Å². The first-order valence-electron chi connectivity index (χ1n) is 10.4. The van der Waals surface area contributed by atoms with E-state index in [0.29, 0.717) is 16.9 Å². The van der Waals surface area contributed by atoms with Crippen molar-refractivity contribution >= 4 is 21.9 Å². The lowest BCUT2D eigenvalue weighted by atomic mass is 10.0. The molecule has 7 nitrogen and oxygen atoms in total. The zero-order valence-electron chi connectivity index (χ0n) is 18.2. The normalized spacial score (nSPS) is 11.8. The van der Waals surface area contributed by atoms with E-state index in [1.165, 1.54) is 16.7 Å². The van der Waals surface area contributed by atoms with Gasteiger partial charge in [-0.3, -0.25) is 18.7 Å². The summed E-state index contributed by atoms with van der Waals surface area (Å²) in [6, 6.07) is 13.6. The van der Waals surface area contributed by atoms with Gasteiger partial charge in [0.25, 0.3) is 5.56 Å². The predicted molar refractivity (Wildman–Crippen MR) is 122 cm³/mol. The third-order valence-corrected chi connectivity index (χ3v) is 5.46. The van der Waals surface area contributed by atoms with Gasteiger partial charge in [0.05, 0.1) is 11.2 Å². The molecule has 0 radical (unpaired) electrons. The highest BCUT2D eigenvalue weighted by atomic mass is 19.3. The van der Waals surface area contributed by atoms with Gasteiger partial charge in [0.2, 0.25) is 0 Å². The largest absolute Gasteiger partial charge is 0.435 e. The number of pyridine rings is 1. The molecule has 0 aliphatic carbocycles. The second kappa shape index (κ2) is 7.84. The molecule has 0 amide bonds. The molecule has 3 aromatic heterocycles. The van der Waals surface area contributed by atoms with Crippen LogP contribution in [0.15, 0.2) is 65.7 Å². The molecule has 0 N–H and O–H groups in total. The molecule has 0 atom stereocenters. The number of fused-ring (bicyclic) bond motifs is 2. The van der Waals surface area contributed by atoms with E-state index in [0.717, 1.165) is 21.9 Å². The van der Waals surface area contributed by atoms with E-state index in [4.69, 9.17) is 0 Å². The van der Waals surface area contributed by atoms with Crippen molar-refractivity contribution in [2.24, 2.45) is 7.05 Å². The second-order valence-corrected chi connectivity index (χ2v) is 8.13. The summed E-state index contributed by atoms with van der Waals surface area (Å²) in [5.41, 5.74) is 2.83. The van der Waals surface area contributed by atoms with Gasteiger partial charge in [-0.25, -0.2) is 0 Å². The van der Waals surface area contributed by atoms with Crippen LogP contribution in [0, 0.1) is 0 Å². The number of halogens is 2. The summed E-state index contributed by atoms with van der Waals surface area (Å²) in [5.74, 6) is 0.0175. The maximum absolute atomic E-state index is 13.7. The van der Waals surface area contributed by atoms with Crippen LogP contribution in [0.2, 0.25) is 0 Å². The first-order valence-corrected chi connectivity index (χ1v) is 10.4. The molecule has 2 aromatic carbocycles. The molecule has 0 saturated carbocycles. The zero-order valence-corrected chi connectivity index (χ0v) is 18.2. The van der Waals surface area contributed by atoms with Gasteiger partial charge in [-0.2, -0.15) is 19.0 Å². The average molecular weight is 449 g/mol. The number of nitrogens with zero attached hydrogens (tertiary/aromatic N) is 5. The Morgan fingerprint density at radius 3 is 2.39 bits per heavy atom. The van der Waals surface area contributed by atoms with E-state index in [1.807, 2.05) is 57.6 Å². The minimum atomic E-state index is -2.92. The first kappa shape index (κ1) is 20.9. The molecule has 5 rings (SSSR count). The molecule has 9 heteroatoms. The molecule has 0 aliphatic heterocycles. The standard InChI is InChI=1S/C24H21F2N5O2/c1-14(2)30-13-17-11-20(15-4-9-21-16(10-15)12-29(3)27-21)23(32)31(22(17)28-30)18-5-7-19(8-6-18)33-24(25)26/h4-14,24H,1-3H3. The fraction of sp³-hybridized carbons (Fsp3) is 0.208. The highest BCUT2D eigenvalue weighted by Gasteiger charge is 2.17. The fourth-order valence-electron chi connectivity index (χ4n) is 3.91. The van der Waals surface area contributed by atoms with Crippen LogP contribution >= 0.6 is 0 Å². The molecular formula is C24H21F2N5O2. The minimum Gasteiger partial charge on any atom is -0.435 e. The summed E-state index contributed by atoms with van der Waals surface area (Å²) in [5, 5.41) is 10.7.